The summed E-state index contributed by atoms with van der Waals surface area (Å²) in [5.41, 5.74) is 1.77. The number of hydrogen-bond donors (Lipinski definition) is 2. The van der Waals surface area contributed by atoms with Gasteiger partial charge in [-0.15, -0.1) is 12.4 Å². The van der Waals surface area contributed by atoms with Crippen molar-refractivity contribution in [2.45, 2.75) is 31.8 Å². The molecule has 2 unspecified atom stereocenters. The average molecular weight is 514 g/mol. The van der Waals surface area contributed by atoms with Crippen LogP contribution in [0, 0.1) is 5.82 Å². The van der Waals surface area contributed by atoms with Crippen LogP contribution in [0.15, 0.2) is 53.3 Å². The molecule has 9 heteroatoms. The zero-order chi connectivity index (χ0) is 23.6. The molecule has 2 aromatic heterocycles. The number of amides is 2. The lowest BCUT2D eigenvalue weighted by atomic mass is 9.94. The van der Waals surface area contributed by atoms with Gasteiger partial charge in [0.2, 0.25) is 0 Å². The van der Waals surface area contributed by atoms with Gasteiger partial charge in [0.15, 0.2) is 0 Å². The molecule has 35 heavy (non-hydrogen) atoms. The predicted molar refractivity (Wildman–Crippen MR) is 136 cm³/mol. The van der Waals surface area contributed by atoms with E-state index in [0.29, 0.717) is 22.0 Å². The summed E-state index contributed by atoms with van der Waals surface area (Å²) in [6.45, 7) is 3.03. The first kappa shape index (κ1) is 23.6. The molecule has 4 aromatic rings. The Morgan fingerprint density at radius 1 is 1.11 bits per heavy atom. The molecule has 2 aromatic carbocycles. The molecule has 0 spiro atoms. The number of imide groups is 1. The first-order valence-electron chi connectivity index (χ1n) is 11.2. The van der Waals surface area contributed by atoms with Crippen LogP contribution in [0.5, 0.6) is 0 Å². The number of halogens is 3. The summed E-state index contributed by atoms with van der Waals surface area (Å²) in [5.74, 6) is -1.85. The highest BCUT2D eigenvalue weighted by molar-refractivity contribution is 6.50. The summed E-state index contributed by atoms with van der Waals surface area (Å²) in [4.78, 5) is 26.1. The van der Waals surface area contributed by atoms with Crippen LogP contribution in [0.1, 0.15) is 36.9 Å². The summed E-state index contributed by atoms with van der Waals surface area (Å²) >= 11 is 6.34. The first-order valence-corrected chi connectivity index (χ1v) is 11.6. The molecule has 0 bridgehead atoms. The van der Waals surface area contributed by atoms with Gasteiger partial charge in [0.25, 0.3) is 11.8 Å². The standard InChI is InChI=1S/C26H21ClFN3O3.ClH/c1-13-10-16(6-8-29-13)31-12-18(17-11-15(27)3-5-20(17)31)21-23(26(33)30-25(21)32)22-19(28)4-2-14-7-9-34-24(14)22;/h2-5,7,9,11-13,16,29H,6,8,10H2,1H3,(H,30,32,33);1H. The van der Waals surface area contributed by atoms with Crippen molar-refractivity contribution < 1.29 is 18.4 Å². The second kappa shape index (κ2) is 8.82. The highest BCUT2D eigenvalue weighted by Gasteiger charge is 2.37. The van der Waals surface area contributed by atoms with E-state index < -0.39 is 17.6 Å². The normalized spacial score (nSPS) is 20.5. The van der Waals surface area contributed by atoms with Crippen LogP contribution in [0.2, 0.25) is 5.02 Å². The number of nitrogens with one attached hydrogen (secondary N) is 2. The Labute approximate surface area is 211 Å². The molecule has 180 valence electrons. The number of rotatable bonds is 3. The van der Waals surface area contributed by atoms with Gasteiger partial charge in [-0.1, -0.05) is 11.6 Å². The second-order valence-corrected chi connectivity index (χ2v) is 9.38. The molecule has 2 aliphatic heterocycles. The molecule has 0 aliphatic carbocycles. The van der Waals surface area contributed by atoms with E-state index in [0.717, 1.165) is 30.3 Å². The summed E-state index contributed by atoms with van der Waals surface area (Å²) in [7, 11) is 0. The number of benzene rings is 2. The number of aromatic nitrogens is 1. The monoisotopic (exact) mass is 513 g/mol. The Morgan fingerprint density at radius 3 is 2.71 bits per heavy atom. The zero-order valence-corrected chi connectivity index (χ0v) is 20.3. The second-order valence-electron chi connectivity index (χ2n) is 8.94. The lowest BCUT2D eigenvalue weighted by Gasteiger charge is -2.29. The molecule has 2 amide bonds. The van der Waals surface area contributed by atoms with Gasteiger partial charge >= 0.3 is 0 Å². The molecule has 1 fully saturated rings. The third-order valence-electron chi connectivity index (χ3n) is 6.81. The number of carbonyl (C=O) groups excluding carboxylic acids is 2. The SMILES string of the molecule is CC1CC(n2cc(C3=C(c4c(F)ccc5ccoc45)C(=O)NC3=O)c3cc(Cl)ccc32)CCN1.Cl. The van der Waals surface area contributed by atoms with E-state index in [1.165, 1.54) is 12.3 Å². The van der Waals surface area contributed by atoms with Crippen LogP contribution in [0.4, 0.5) is 4.39 Å². The highest BCUT2D eigenvalue weighted by atomic mass is 35.5. The number of carbonyl (C=O) groups is 2. The average Bonchev–Trinajstić information content (AvgIpc) is 3.49. The van der Waals surface area contributed by atoms with Crippen molar-refractivity contribution in [2.75, 3.05) is 6.54 Å². The quantitative estimate of drug-likeness (QED) is 0.355. The van der Waals surface area contributed by atoms with E-state index in [9.17, 15) is 9.59 Å². The van der Waals surface area contributed by atoms with Crippen molar-refractivity contribution in [2.24, 2.45) is 0 Å². The van der Waals surface area contributed by atoms with E-state index in [-0.39, 0.29) is 40.7 Å². The highest BCUT2D eigenvalue weighted by Crippen LogP contribution is 2.41. The van der Waals surface area contributed by atoms with Gasteiger partial charge in [-0.05, 0) is 62.7 Å². The van der Waals surface area contributed by atoms with Crippen molar-refractivity contribution in [3.05, 3.63) is 70.8 Å². The third kappa shape index (κ3) is 3.75. The van der Waals surface area contributed by atoms with Gasteiger partial charge in [0, 0.05) is 45.2 Å². The Bertz CT molecular complexity index is 1540. The van der Waals surface area contributed by atoms with Crippen LogP contribution in [0.3, 0.4) is 0 Å². The Morgan fingerprint density at radius 2 is 1.91 bits per heavy atom. The minimum absolute atomic E-state index is 0. The molecule has 0 saturated carbocycles. The molecule has 6 nitrogen and oxygen atoms in total. The van der Waals surface area contributed by atoms with Crippen LogP contribution >= 0.6 is 24.0 Å². The molecule has 2 atom stereocenters. The molecule has 4 heterocycles. The fraction of sp³-hybridized carbons (Fsp3) is 0.231. The van der Waals surface area contributed by atoms with Crippen molar-refractivity contribution in [1.29, 1.82) is 0 Å². The van der Waals surface area contributed by atoms with Gasteiger partial charge in [-0.3, -0.25) is 14.9 Å². The Balaban J connectivity index is 0.00000253. The van der Waals surface area contributed by atoms with Crippen LogP contribution in [-0.2, 0) is 9.59 Å². The molecule has 1 saturated heterocycles. The minimum atomic E-state index is -0.652. The maximum atomic E-state index is 15.1. The largest absolute Gasteiger partial charge is 0.464 e. The van der Waals surface area contributed by atoms with Crippen molar-refractivity contribution >= 4 is 68.8 Å². The zero-order valence-electron chi connectivity index (χ0n) is 18.7. The molecule has 6 rings (SSSR count). The van der Waals surface area contributed by atoms with Gasteiger partial charge in [-0.25, -0.2) is 4.39 Å². The summed E-state index contributed by atoms with van der Waals surface area (Å²) < 4.78 is 22.8. The van der Waals surface area contributed by atoms with E-state index in [2.05, 4.69) is 22.1 Å². The Kier molecular flexibility index (Phi) is 5.95. The third-order valence-corrected chi connectivity index (χ3v) is 7.04. The van der Waals surface area contributed by atoms with E-state index >= 15 is 4.39 Å². The van der Waals surface area contributed by atoms with Gasteiger partial charge in [0.05, 0.1) is 23.0 Å². The van der Waals surface area contributed by atoms with Crippen LogP contribution in [-0.4, -0.2) is 29.0 Å². The fourth-order valence-corrected chi connectivity index (χ4v) is 5.45. The smallest absolute Gasteiger partial charge is 0.259 e. The summed E-state index contributed by atoms with van der Waals surface area (Å²) in [6, 6.07) is 10.6. The van der Waals surface area contributed by atoms with Crippen molar-refractivity contribution in [3.8, 4) is 0 Å². The van der Waals surface area contributed by atoms with Gasteiger partial charge in [0.1, 0.15) is 11.4 Å². The van der Waals surface area contributed by atoms with E-state index in [1.54, 1.807) is 18.2 Å². The first-order chi connectivity index (χ1) is 16.4. The number of furan rings is 1. The van der Waals surface area contributed by atoms with E-state index in [4.69, 9.17) is 16.0 Å². The maximum absolute atomic E-state index is 15.1. The number of fused-ring (bicyclic) bond motifs is 2. The van der Waals surface area contributed by atoms with E-state index in [1.807, 2.05) is 18.3 Å². The minimum Gasteiger partial charge on any atom is -0.464 e. The lowest BCUT2D eigenvalue weighted by Crippen LogP contribution is -2.36. The summed E-state index contributed by atoms with van der Waals surface area (Å²) in [5, 5.41) is 7.71. The van der Waals surface area contributed by atoms with Crippen LogP contribution in [0.25, 0.3) is 33.0 Å². The predicted octanol–water partition coefficient (Wildman–Crippen LogP) is 5.48. The summed E-state index contributed by atoms with van der Waals surface area (Å²) in [6.07, 6.45) is 5.18. The fourth-order valence-electron chi connectivity index (χ4n) is 5.28. The number of piperidine rings is 1. The molecular formula is C26H22Cl2FN3O3. The number of hydrogen-bond acceptors (Lipinski definition) is 4. The lowest BCUT2D eigenvalue weighted by molar-refractivity contribution is -0.122. The number of nitrogens with zero attached hydrogens (tertiary/aromatic N) is 1. The van der Waals surface area contributed by atoms with Crippen molar-refractivity contribution in [3.63, 3.8) is 0 Å². The molecular weight excluding hydrogens is 492 g/mol. The maximum Gasteiger partial charge on any atom is 0.259 e. The molecule has 2 N–H and O–H groups in total. The topological polar surface area (TPSA) is 76.3 Å². The van der Waals surface area contributed by atoms with Gasteiger partial charge in [-0.2, -0.15) is 0 Å². The molecule has 0 radical (unpaired) electrons. The Hall–Kier alpha value is -3.13. The molecule has 2 aliphatic rings. The van der Waals surface area contributed by atoms with Crippen LogP contribution < -0.4 is 10.6 Å². The van der Waals surface area contributed by atoms with Gasteiger partial charge < -0.3 is 14.3 Å². The van der Waals surface area contributed by atoms with Crippen molar-refractivity contribution in [1.82, 2.24) is 15.2 Å².